The minimum atomic E-state index is 0.302. The van der Waals surface area contributed by atoms with Crippen molar-refractivity contribution in [2.45, 2.75) is 37.8 Å². The van der Waals surface area contributed by atoms with Crippen LogP contribution in [0.2, 0.25) is 0 Å². The van der Waals surface area contributed by atoms with Crippen molar-refractivity contribution in [1.82, 2.24) is 14.7 Å². The van der Waals surface area contributed by atoms with Crippen LogP contribution < -0.4 is 14.8 Å². The van der Waals surface area contributed by atoms with Gasteiger partial charge < -0.3 is 14.8 Å². The zero-order chi connectivity index (χ0) is 16.8. The van der Waals surface area contributed by atoms with Crippen molar-refractivity contribution in [3.8, 4) is 11.5 Å². The zero-order valence-corrected chi connectivity index (χ0v) is 15.0. The van der Waals surface area contributed by atoms with Gasteiger partial charge in [-0.3, -0.25) is 4.40 Å². The van der Waals surface area contributed by atoms with E-state index in [2.05, 4.69) is 27.4 Å². The lowest BCUT2D eigenvalue weighted by Gasteiger charge is -2.27. The molecule has 3 aromatic rings. The summed E-state index contributed by atoms with van der Waals surface area (Å²) < 4.78 is 13.6. The van der Waals surface area contributed by atoms with Crippen LogP contribution in [-0.4, -0.2) is 29.1 Å². The van der Waals surface area contributed by atoms with E-state index in [-0.39, 0.29) is 0 Å². The quantitative estimate of drug-likeness (QED) is 0.762. The molecule has 3 heterocycles. The second-order valence-corrected chi connectivity index (χ2v) is 7.69. The summed E-state index contributed by atoms with van der Waals surface area (Å²) in [6.45, 7) is 1.49. The number of ether oxygens (including phenoxy) is 2. The van der Waals surface area contributed by atoms with Crippen LogP contribution in [0, 0.1) is 0 Å². The predicted molar refractivity (Wildman–Crippen MR) is 97.9 cm³/mol. The first kappa shape index (κ1) is 15.2. The minimum Gasteiger partial charge on any atom is -0.493 e. The summed E-state index contributed by atoms with van der Waals surface area (Å²) in [5.74, 6) is 2.38. The van der Waals surface area contributed by atoms with Gasteiger partial charge in [0.2, 0.25) is 0 Å². The van der Waals surface area contributed by atoms with Gasteiger partial charge in [-0.1, -0.05) is 12.1 Å². The number of nitrogens with zero attached hydrogens (tertiary/aromatic N) is 2. The van der Waals surface area contributed by atoms with E-state index in [1.807, 2.05) is 12.1 Å². The maximum Gasteiger partial charge on any atom is 0.194 e. The summed E-state index contributed by atoms with van der Waals surface area (Å²) in [5, 5.41) is 5.79. The highest BCUT2D eigenvalue weighted by molar-refractivity contribution is 7.15. The maximum atomic E-state index is 5.98. The first-order chi connectivity index (χ1) is 12.3. The molecule has 1 aliphatic heterocycles. The number of aromatic nitrogens is 2. The van der Waals surface area contributed by atoms with Gasteiger partial charge in [-0.15, -0.1) is 11.3 Å². The number of benzene rings is 1. The number of hydrogen-bond donors (Lipinski definition) is 1. The van der Waals surface area contributed by atoms with E-state index in [1.54, 1.807) is 18.4 Å². The van der Waals surface area contributed by atoms with Gasteiger partial charge in [0.15, 0.2) is 16.5 Å². The summed E-state index contributed by atoms with van der Waals surface area (Å²) in [4.78, 5) is 5.96. The Morgan fingerprint density at radius 3 is 3.16 bits per heavy atom. The topological polar surface area (TPSA) is 47.8 Å². The van der Waals surface area contributed by atoms with Crippen LogP contribution in [0.25, 0.3) is 4.96 Å². The number of thiazole rings is 1. The summed E-state index contributed by atoms with van der Waals surface area (Å²) in [7, 11) is 1.69. The Kier molecular flexibility index (Phi) is 3.68. The molecule has 0 radical (unpaired) electrons. The van der Waals surface area contributed by atoms with E-state index in [1.165, 1.54) is 29.8 Å². The highest BCUT2D eigenvalue weighted by Crippen LogP contribution is 2.42. The lowest BCUT2D eigenvalue weighted by atomic mass is 10.0. The van der Waals surface area contributed by atoms with E-state index in [0.29, 0.717) is 18.6 Å². The number of nitrogens with one attached hydrogen (secondary N) is 1. The fraction of sp³-hybridized carbons (Fsp3) is 0.421. The molecule has 0 amide bonds. The third-order valence-corrected chi connectivity index (χ3v) is 5.85. The van der Waals surface area contributed by atoms with Crippen molar-refractivity contribution >= 4 is 16.3 Å². The number of hydrogen-bond acceptors (Lipinski definition) is 5. The second-order valence-electron chi connectivity index (χ2n) is 6.82. The highest BCUT2D eigenvalue weighted by atomic mass is 32.1. The van der Waals surface area contributed by atoms with Crippen molar-refractivity contribution in [1.29, 1.82) is 0 Å². The number of rotatable bonds is 5. The van der Waals surface area contributed by atoms with Crippen LogP contribution in [0.3, 0.4) is 0 Å². The third-order valence-electron chi connectivity index (χ3n) is 5.09. The number of methoxy groups -OCH3 is 1. The Hall–Kier alpha value is -2.05. The molecule has 2 aliphatic rings. The SMILES string of the molecule is COc1cccc2c1OCC(NCc1c(C3CC3)nc3sccn13)C2. The Bertz CT molecular complexity index is 913. The van der Waals surface area contributed by atoms with E-state index in [0.717, 1.165) is 29.4 Å². The Morgan fingerprint density at radius 1 is 1.40 bits per heavy atom. The van der Waals surface area contributed by atoms with Gasteiger partial charge in [-0.2, -0.15) is 0 Å². The Balaban J connectivity index is 1.34. The van der Waals surface area contributed by atoms with Gasteiger partial charge in [-0.25, -0.2) is 4.98 Å². The van der Waals surface area contributed by atoms with Gasteiger partial charge in [0, 0.05) is 30.1 Å². The molecule has 1 atom stereocenters. The summed E-state index contributed by atoms with van der Waals surface area (Å²) >= 11 is 1.71. The number of fused-ring (bicyclic) bond motifs is 2. The average Bonchev–Trinajstić information content (AvgIpc) is 3.28. The van der Waals surface area contributed by atoms with E-state index < -0.39 is 0 Å². The standard InChI is InChI=1S/C19H21N3O2S/c1-23-16-4-2-3-13-9-14(11-24-18(13)16)20-10-15-17(12-5-6-12)21-19-22(15)7-8-25-19/h2-4,7-8,12,14,20H,5-6,9-11H2,1H3. The molecule has 130 valence electrons. The van der Waals surface area contributed by atoms with Crippen molar-refractivity contribution in [2.75, 3.05) is 13.7 Å². The molecule has 1 saturated carbocycles. The summed E-state index contributed by atoms with van der Waals surface area (Å²) in [6.07, 6.45) is 5.64. The summed E-state index contributed by atoms with van der Waals surface area (Å²) in [6, 6.07) is 6.40. The first-order valence-corrected chi connectivity index (χ1v) is 9.68. The lowest BCUT2D eigenvalue weighted by Crippen LogP contribution is -2.39. The molecular formula is C19H21N3O2S. The van der Waals surface area contributed by atoms with E-state index in [4.69, 9.17) is 14.5 Å². The molecule has 5 rings (SSSR count). The first-order valence-electron chi connectivity index (χ1n) is 8.80. The molecule has 0 spiro atoms. The molecule has 1 N–H and O–H groups in total. The fourth-order valence-corrected chi connectivity index (χ4v) is 4.38. The molecule has 1 unspecified atom stereocenters. The Morgan fingerprint density at radius 2 is 2.32 bits per heavy atom. The van der Waals surface area contributed by atoms with Gasteiger partial charge >= 0.3 is 0 Å². The van der Waals surface area contributed by atoms with Crippen molar-refractivity contribution in [3.05, 3.63) is 46.7 Å². The van der Waals surface area contributed by atoms with Gasteiger partial charge in [-0.05, 0) is 30.9 Å². The number of imidazole rings is 1. The second kappa shape index (κ2) is 6.04. The molecule has 1 aromatic carbocycles. The molecular weight excluding hydrogens is 334 g/mol. The van der Waals surface area contributed by atoms with Crippen molar-refractivity contribution in [3.63, 3.8) is 0 Å². The molecule has 2 aromatic heterocycles. The monoisotopic (exact) mass is 355 g/mol. The molecule has 1 fully saturated rings. The van der Waals surface area contributed by atoms with Crippen LogP contribution in [0.15, 0.2) is 29.8 Å². The van der Waals surface area contributed by atoms with Crippen molar-refractivity contribution < 1.29 is 9.47 Å². The molecule has 5 nitrogen and oxygen atoms in total. The number of para-hydroxylation sites is 1. The van der Waals surface area contributed by atoms with Gasteiger partial charge in [0.25, 0.3) is 0 Å². The molecule has 6 heteroatoms. The van der Waals surface area contributed by atoms with Crippen LogP contribution in [0.1, 0.15) is 35.7 Å². The molecule has 1 aliphatic carbocycles. The van der Waals surface area contributed by atoms with Crippen LogP contribution in [-0.2, 0) is 13.0 Å². The average molecular weight is 355 g/mol. The molecule has 0 saturated heterocycles. The minimum absolute atomic E-state index is 0.302. The van der Waals surface area contributed by atoms with E-state index >= 15 is 0 Å². The highest BCUT2D eigenvalue weighted by Gasteiger charge is 2.31. The maximum absolute atomic E-state index is 5.98. The van der Waals surface area contributed by atoms with Crippen LogP contribution in [0.5, 0.6) is 11.5 Å². The van der Waals surface area contributed by atoms with E-state index in [9.17, 15) is 0 Å². The largest absolute Gasteiger partial charge is 0.493 e. The zero-order valence-electron chi connectivity index (χ0n) is 14.2. The van der Waals surface area contributed by atoms with Crippen LogP contribution in [0.4, 0.5) is 0 Å². The Labute approximate surface area is 150 Å². The van der Waals surface area contributed by atoms with Crippen molar-refractivity contribution in [2.24, 2.45) is 0 Å². The predicted octanol–water partition coefficient (Wildman–Crippen LogP) is 3.38. The lowest BCUT2D eigenvalue weighted by molar-refractivity contribution is 0.226. The third kappa shape index (κ3) is 2.69. The molecule has 0 bridgehead atoms. The van der Waals surface area contributed by atoms with Gasteiger partial charge in [0.1, 0.15) is 6.61 Å². The molecule has 25 heavy (non-hydrogen) atoms. The normalized spacial score (nSPS) is 19.6. The van der Waals surface area contributed by atoms with Gasteiger partial charge in [0.05, 0.1) is 18.5 Å². The fourth-order valence-electron chi connectivity index (χ4n) is 3.64. The smallest absolute Gasteiger partial charge is 0.194 e. The summed E-state index contributed by atoms with van der Waals surface area (Å²) in [5.41, 5.74) is 3.81. The van der Waals surface area contributed by atoms with Crippen LogP contribution >= 0.6 is 11.3 Å².